The summed E-state index contributed by atoms with van der Waals surface area (Å²) < 4.78 is 0. The number of hydrazine groups is 1. The maximum Gasteiger partial charge on any atom is 0.142 e. The summed E-state index contributed by atoms with van der Waals surface area (Å²) in [6.45, 7) is 4.09. The number of nitrogens with one attached hydrogen (secondary N) is 2. The number of nitrogens with zero attached hydrogens (tertiary/aromatic N) is 1. The van der Waals surface area contributed by atoms with Crippen LogP contribution in [0.2, 0.25) is 0 Å². The molecule has 1 aromatic rings. The van der Waals surface area contributed by atoms with Gasteiger partial charge in [-0.25, -0.2) is 10.8 Å². The molecule has 0 saturated heterocycles. The summed E-state index contributed by atoms with van der Waals surface area (Å²) in [6, 6.07) is 5.82. The molecular weight excluding hydrogens is 204 g/mol. The first-order chi connectivity index (χ1) is 7.54. The molecule has 5 nitrogen and oxygen atoms in total. The Kier molecular flexibility index (Phi) is 2.73. The van der Waals surface area contributed by atoms with Gasteiger partial charge in [-0.05, 0) is 18.6 Å². The van der Waals surface area contributed by atoms with E-state index in [1.165, 1.54) is 0 Å². The van der Waals surface area contributed by atoms with Crippen LogP contribution < -0.4 is 16.6 Å². The molecule has 16 heavy (non-hydrogen) atoms. The van der Waals surface area contributed by atoms with Crippen molar-refractivity contribution in [1.82, 2.24) is 4.98 Å². The molecule has 0 amide bonds. The van der Waals surface area contributed by atoms with Crippen molar-refractivity contribution in [2.75, 3.05) is 10.7 Å². The van der Waals surface area contributed by atoms with Gasteiger partial charge in [0.25, 0.3) is 0 Å². The highest BCUT2D eigenvalue weighted by Gasteiger charge is 2.47. The Morgan fingerprint density at radius 1 is 1.44 bits per heavy atom. The first kappa shape index (κ1) is 11.2. The molecule has 2 rings (SSSR count). The smallest absolute Gasteiger partial charge is 0.142 e. The first-order valence-electron chi connectivity index (χ1n) is 5.42. The maximum atomic E-state index is 9.63. The van der Waals surface area contributed by atoms with Crippen molar-refractivity contribution in [1.29, 1.82) is 0 Å². The molecule has 0 aliphatic heterocycles. The molecule has 0 spiro atoms. The zero-order valence-corrected chi connectivity index (χ0v) is 9.57. The Bertz CT molecular complexity index is 380. The summed E-state index contributed by atoms with van der Waals surface area (Å²) in [7, 11) is 0. The summed E-state index contributed by atoms with van der Waals surface area (Å²) in [4.78, 5) is 4.27. The number of nitrogens with two attached hydrogens (primary N) is 1. The normalized spacial score (nSPS) is 27.0. The van der Waals surface area contributed by atoms with E-state index in [1.54, 1.807) is 6.07 Å². The van der Waals surface area contributed by atoms with Crippen LogP contribution in [0.15, 0.2) is 18.2 Å². The van der Waals surface area contributed by atoms with Gasteiger partial charge in [-0.2, -0.15) is 0 Å². The minimum atomic E-state index is -0.235. The van der Waals surface area contributed by atoms with Crippen molar-refractivity contribution in [3.8, 4) is 0 Å². The van der Waals surface area contributed by atoms with Crippen molar-refractivity contribution in [3.05, 3.63) is 18.2 Å². The van der Waals surface area contributed by atoms with Gasteiger partial charge in [-0.3, -0.25) is 0 Å². The Morgan fingerprint density at radius 3 is 2.69 bits per heavy atom. The van der Waals surface area contributed by atoms with Crippen molar-refractivity contribution in [3.63, 3.8) is 0 Å². The van der Waals surface area contributed by atoms with Crippen LogP contribution in [0.3, 0.4) is 0 Å². The highest BCUT2D eigenvalue weighted by molar-refractivity contribution is 5.45. The van der Waals surface area contributed by atoms with Crippen LogP contribution in [0.4, 0.5) is 11.6 Å². The number of nitrogen functional groups attached to an aromatic ring is 1. The van der Waals surface area contributed by atoms with Crippen LogP contribution in [0.1, 0.15) is 20.3 Å². The van der Waals surface area contributed by atoms with Crippen molar-refractivity contribution < 1.29 is 5.11 Å². The topological polar surface area (TPSA) is 83.2 Å². The van der Waals surface area contributed by atoms with E-state index in [0.29, 0.717) is 5.82 Å². The van der Waals surface area contributed by atoms with E-state index >= 15 is 0 Å². The van der Waals surface area contributed by atoms with Gasteiger partial charge in [0.1, 0.15) is 11.6 Å². The molecule has 1 saturated carbocycles. The number of anilines is 2. The molecule has 1 aliphatic carbocycles. The summed E-state index contributed by atoms with van der Waals surface area (Å²) in [6.07, 6.45) is 0.524. The Balaban J connectivity index is 2.05. The number of rotatable bonds is 3. The summed E-state index contributed by atoms with van der Waals surface area (Å²) in [5.41, 5.74) is 2.40. The highest BCUT2D eigenvalue weighted by Crippen LogP contribution is 2.41. The molecule has 88 valence electrons. The average molecular weight is 222 g/mol. The van der Waals surface area contributed by atoms with Gasteiger partial charge in [0.2, 0.25) is 0 Å². The molecule has 1 aliphatic rings. The molecule has 0 aromatic carbocycles. The lowest BCUT2D eigenvalue weighted by Crippen LogP contribution is -2.57. The second-order valence-corrected chi connectivity index (χ2v) is 4.82. The summed E-state index contributed by atoms with van der Waals surface area (Å²) >= 11 is 0. The van der Waals surface area contributed by atoms with E-state index < -0.39 is 0 Å². The van der Waals surface area contributed by atoms with E-state index in [2.05, 4.69) is 15.7 Å². The zero-order valence-electron chi connectivity index (χ0n) is 9.57. The van der Waals surface area contributed by atoms with Gasteiger partial charge in [-0.15, -0.1) is 0 Å². The fraction of sp³-hybridized carbons (Fsp3) is 0.545. The third-order valence-corrected chi connectivity index (χ3v) is 3.43. The number of hydrogen-bond donors (Lipinski definition) is 4. The second kappa shape index (κ2) is 3.92. The lowest BCUT2D eigenvalue weighted by atomic mass is 9.64. The zero-order chi connectivity index (χ0) is 11.8. The Morgan fingerprint density at radius 2 is 2.12 bits per heavy atom. The van der Waals surface area contributed by atoms with Crippen molar-refractivity contribution in [2.45, 2.75) is 32.4 Å². The number of hydrogen-bond acceptors (Lipinski definition) is 5. The predicted molar refractivity (Wildman–Crippen MR) is 63.9 cm³/mol. The van der Waals surface area contributed by atoms with Gasteiger partial charge in [0.15, 0.2) is 0 Å². The number of aliphatic hydroxyl groups excluding tert-OH is 1. The Labute approximate surface area is 95.0 Å². The second-order valence-electron chi connectivity index (χ2n) is 4.82. The Hall–Kier alpha value is -1.33. The van der Waals surface area contributed by atoms with Gasteiger partial charge >= 0.3 is 0 Å². The molecule has 2 unspecified atom stereocenters. The van der Waals surface area contributed by atoms with Crippen LogP contribution >= 0.6 is 0 Å². The highest BCUT2D eigenvalue weighted by atomic mass is 16.3. The average Bonchev–Trinajstić information content (AvgIpc) is 2.29. The van der Waals surface area contributed by atoms with Crippen LogP contribution in [0.25, 0.3) is 0 Å². The number of aromatic nitrogens is 1. The number of pyridine rings is 1. The lowest BCUT2D eigenvalue weighted by Gasteiger charge is -2.49. The van der Waals surface area contributed by atoms with Crippen molar-refractivity contribution >= 4 is 11.6 Å². The van der Waals surface area contributed by atoms with E-state index in [-0.39, 0.29) is 17.6 Å². The molecular formula is C11H18N4O. The van der Waals surface area contributed by atoms with E-state index in [1.807, 2.05) is 26.0 Å². The third-order valence-electron chi connectivity index (χ3n) is 3.43. The van der Waals surface area contributed by atoms with Crippen LogP contribution in [-0.2, 0) is 0 Å². The van der Waals surface area contributed by atoms with E-state index in [9.17, 15) is 5.11 Å². The lowest BCUT2D eigenvalue weighted by molar-refractivity contribution is -0.0511. The van der Waals surface area contributed by atoms with Gasteiger partial charge in [0.05, 0.1) is 6.10 Å². The fourth-order valence-corrected chi connectivity index (χ4v) is 1.92. The molecule has 1 heterocycles. The minimum Gasteiger partial charge on any atom is -0.392 e. The minimum absolute atomic E-state index is 0.103. The quantitative estimate of drug-likeness (QED) is 0.452. The first-order valence-corrected chi connectivity index (χ1v) is 5.42. The SMILES string of the molecule is CC1(C)C(O)CC1Nc1cccc(NN)n1. The van der Waals surface area contributed by atoms with Crippen LogP contribution in [0.5, 0.6) is 0 Å². The van der Waals surface area contributed by atoms with Crippen LogP contribution in [0, 0.1) is 5.41 Å². The van der Waals surface area contributed by atoms with E-state index in [4.69, 9.17) is 5.84 Å². The standard InChI is InChI=1S/C11H18N4O/c1-11(2)7(6-8(11)16)13-9-4-3-5-10(14-9)15-12/h3-5,7-8,16H,6,12H2,1-2H3,(H2,13,14,15). The predicted octanol–water partition coefficient (Wildman–Crippen LogP) is 0.938. The third kappa shape index (κ3) is 1.83. The molecule has 5 heteroatoms. The monoisotopic (exact) mass is 222 g/mol. The van der Waals surface area contributed by atoms with Gasteiger partial charge < -0.3 is 15.8 Å². The largest absolute Gasteiger partial charge is 0.392 e. The van der Waals surface area contributed by atoms with E-state index in [0.717, 1.165) is 12.2 Å². The molecule has 1 aromatic heterocycles. The van der Waals surface area contributed by atoms with Crippen molar-refractivity contribution in [2.24, 2.45) is 11.3 Å². The molecule has 5 N–H and O–H groups in total. The maximum absolute atomic E-state index is 9.63. The summed E-state index contributed by atoms with van der Waals surface area (Å²) in [5.74, 6) is 6.70. The number of aliphatic hydroxyl groups is 1. The molecule has 0 radical (unpaired) electrons. The van der Waals surface area contributed by atoms with Gasteiger partial charge in [-0.1, -0.05) is 19.9 Å². The molecule has 1 fully saturated rings. The van der Waals surface area contributed by atoms with Gasteiger partial charge in [0, 0.05) is 11.5 Å². The molecule has 2 atom stereocenters. The van der Waals surface area contributed by atoms with Crippen LogP contribution in [-0.4, -0.2) is 22.2 Å². The fourth-order valence-electron chi connectivity index (χ4n) is 1.92. The summed E-state index contributed by atoms with van der Waals surface area (Å²) in [5, 5.41) is 12.9. The molecule has 0 bridgehead atoms.